The highest BCUT2D eigenvalue weighted by molar-refractivity contribution is 5.77. The second-order valence-electron chi connectivity index (χ2n) is 17.2. The minimum absolute atomic E-state index is 0.00443. The summed E-state index contributed by atoms with van der Waals surface area (Å²) in [5.74, 6) is 0.317. The molecule has 0 aromatic heterocycles. The van der Waals surface area contributed by atoms with Crippen LogP contribution in [0.25, 0.3) is 0 Å². The highest BCUT2D eigenvalue weighted by Gasteiger charge is 2.57. The molecule has 1 aliphatic rings. The van der Waals surface area contributed by atoms with E-state index in [-0.39, 0.29) is 18.0 Å². The summed E-state index contributed by atoms with van der Waals surface area (Å²) in [6, 6.07) is 0. The molecule has 0 saturated carbocycles. The molecule has 1 saturated heterocycles. The number of nitrogens with zero attached hydrogens (tertiary/aromatic N) is 1. The Labute approximate surface area is 311 Å². The Morgan fingerprint density at radius 2 is 1.10 bits per heavy atom. The van der Waals surface area contributed by atoms with E-state index in [2.05, 4.69) is 46.6 Å². The van der Waals surface area contributed by atoms with Crippen LogP contribution in [0.5, 0.6) is 0 Å². The van der Waals surface area contributed by atoms with Gasteiger partial charge in [-0.1, -0.05) is 137 Å². The molecule has 1 N–H and O–H groups in total. The van der Waals surface area contributed by atoms with E-state index in [0.29, 0.717) is 31.8 Å². The Morgan fingerprint density at radius 1 is 0.660 bits per heavy atom. The molecule has 0 amide bonds. The van der Waals surface area contributed by atoms with E-state index < -0.39 is 16.4 Å². The van der Waals surface area contributed by atoms with Gasteiger partial charge in [-0.3, -0.25) is 9.59 Å². The summed E-state index contributed by atoms with van der Waals surface area (Å²) in [6.07, 6.45) is 28.7. The number of esters is 2. The average Bonchev–Trinajstić information content (AvgIpc) is 3.08. The third-order valence-corrected chi connectivity index (χ3v) is 12.5. The van der Waals surface area contributed by atoms with Gasteiger partial charge in [0.25, 0.3) is 0 Å². The fraction of sp³-hybridized carbons (Fsp3) is 0.955. The van der Waals surface area contributed by atoms with E-state index in [1.54, 1.807) is 0 Å². The summed E-state index contributed by atoms with van der Waals surface area (Å²) in [5.41, 5.74) is -2.30. The third-order valence-electron chi connectivity index (χ3n) is 12.5. The zero-order valence-corrected chi connectivity index (χ0v) is 34.7. The Kier molecular flexibility index (Phi) is 24.9. The molecule has 1 heterocycles. The molecule has 50 heavy (non-hydrogen) atoms. The van der Waals surface area contributed by atoms with Crippen LogP contribution < -0.4 is 0 Å². The maximum absolute atomic E-state index is 13.9. The zero-order chi connectivity index (χ0) is 37.3. The van der Waals surface area contributed by atoms with Crippen LogP contribution in [0.2, 0.25) is 0 Å². The number of unbranched alkanes of at least 4 members (excludes halogenated alkanes) is 15. The third kappa shape index (κ3) is 18.1. The zero-order valence-electron chi connectivity index (χ0n) is 34.7. The van der Waals surface area contributed by atoms with Crippen molar-refractivity contribution >= 4 is 11.9 Å². The highest BCUT2D eigenvalue weighted by Crippen LogP contribution is 2.51. The molecular formula is C44H85NO5. The number of aliphatic hydroxyl groups is 1. The normalized spacial score (nSPS) is 16.7. The maximum atomic E-state index is 13.9. The average molecular weight is 708 g/mol. The predicted octanol–water partition coefficient (Wildman–Crippen LogP) is 12.0. The van der Waals surface area contributed by atoms with Crippen LogP contribution in [0.15, 0.2) is 0 Å². The van der Waals surface area contributed by atoms with Crippen LogP contribution in [0.1, 0.15) is 215 Å². The molecule has 0 radical (unpaired) electrons. The van der Waals surface area contributed by atoms with Crippen LogP contribution >= 0.6 is 0 Å². The molecular weight excluding hydrogens is 622 g/mol. The summed E-state index contributed by atoms with van der Waals surface area (Å²) in [7, 11) is 2.10. The van der Waals surface area contributed by atoms with Gasteiger partial charge in [0.1, 0.15) is 6.10 Å². The topological polar surface area (TPSA) is 76.1 Å². The smallest absolute Gasteiger partial charge is 0.312 e. The monoisotopic (exact) mass is 708 g/mol. The first-order chi connectivity index (χ1) is 23.8. The lowest BCUT2D eigenvalue weighted by Crippen LogP contribution is -2.59. The van der Waals surface area contributed by atoms with Crippen molar-refractivity contribution in [3.8, 4) is 0 Å². The predicted molar refractivity (Wildman–Crippen MR) is 211 cm³/mol. The fourth-order valence-corrected chi connectivity index (χ4v) is 7.70. The lowest BCUT2D eigenvalue weighted by molar-refractivity contribution is -0.192. The molecule has 1 fully saturated rings. The van der Waals surface area contributed by atoms with Gasteiger partial charge in [-0.05, 0) is 84.6 Å². The number of rotatable bonds is 31. The van der Waals surface area contributed by atoms with Crippen molar-refractivity contribution in [2.24, 2.45) is 16.7 Å². The van der Waals surface area contributed by atoms with Gasteiger partial charge in [-0.25, -0.2) is 0 Å². The van der Waals surface area contributed by atoms with E-state index in [4.69, 9.17) is 9.47 Å². The van der Waals surface area contributed by atoms with E-state index in [1.807, 2.05) is 13.8 Å². The van der Waals surface area contributed by atoms with Crippen molar-refractivity contribution in [1.82, 2.24) is 4.90 Å². The molecule has 2 unspecified atom stereocenters. The summed E-state index contributed by atoms with van der Waals surface area (Å²) in [4.78, 5) is 28.6. The first kappa shape index (κ1) is 46.9. The van der Waals surface area contributed by atoms with Gasteiger partial charge in [-0.15, -0.1) is 0 Å². The van der Waals surface area contributed by atoms with Crippen molar-refractivity contribution in [2.45, 2.75) is 227 Å². The Bertz CT molecular complexity index is 862. The largest absolute Gasteiger partial charge is 0.466 e. The van der Waals surface area contributed by atoms with E-state index in [0.717, 1.165) is 83.7 Å². The van der Waals surface area contributed by atoms with E-state index in [1.165, 1.54) is 77.0 Å². The van der Waals surface area contributed by atoms with Crippen molar-refractivity contribution in [2.75, 3.05) is 26.7 Å². The van der Waals surface area contributed by atoms with Gasteiger partial charge < -0.3 is 19.5 Å². The first-order valence-electron chi connectivity index (χ1n) is 21.6. The standard InChI is InChI=1S/C44H85NO5/c1-9-12-15-17-18-21-25-30-39(50-41(47)42(4,5)43(6,7)44(48)32-34-45(8)35-33-44)31-26-22-19-20-23-27-36-49-40(46)37-38(28-14-11-3)29-24-16-13-10-2/h38-39,48H,9-37H2,1-8H3. The van der Waals surface area contributed by atoms with Crippen LogP contribution in [-0.2, 0) is 19.1 Å². The summed E-state index contributed by atoms with van der Waals surface area (Å²) in [5, 5.41) is 11.7. The molecule has 0 aliphatic carbocycles. The van der Waals surface area contributed by atoms with Gasteiger partial charge >= 0.3 is 11.9 Å². The number of hydrogen-bond acceptors (Lipinski definition) is 6. The molecule has 2 atom stereocenters. The Hall–Kier alpha value is -1.14. The molecule has 0 aromatic carbocycles. The van der Waals surface area contributed by atoms with Crippen molar-refractivity contribution < 1.29 is 24.2 Å². The van der Waals surface area contributed by atoms with Gasteiger partial charge in [0.2, 0.25) is 0 Å². The second-order valence-corrected chi connectivity index (χ2v) is 17.2. The lowest BCUT2D eigenvalue weighted by atomic mass is 9.56. The fourth-order valence-electron chi connectivity index (χ4n) is 7.70. The van der Waals surface area contributed by atoms with Gasteiger partial charge in [-0.2, -0.15) is 0 Å². The summed E-state index contributed by atoms with van der Waals surface area (Å²) in [6.45, 7) is 17.0. The first-order valence-corrected chi connectivity index (χ1v) is 21.6. The van der Waals surface area contributed by atoms with Crippen molar-refractivity contribution in [3.63, 3.8) is 0 Å². The molecule has 1 aliphatic heterocycles. The van der Waals surface area contributed by atoms with Gasteiger partial charge in [0.15, 0.2) is 0 Å². The number of carbonyl (C=O) groups excluding carboxylic acids is 2. The van der Waals surface area contributed by atoms with Crippen LogP contribution in [0.4, 0.5) is 0 Å². The number of hydrogen-bond donors (Lipinski definition) is 1. The molecule has 6 nitrogen and oxygen atoms in total. The number of carbonyl (C=O) groups is 2. The van der Waals surface area contributed by atoms with E-state index in [9.17, 15) is 14.7 Å². The minimum atomic E-state index is -0.890. The molecule has 6 heteroatoms. The molecule has 296 valence electrons. The summed E-state index contributed by atoms with van der Waals surface area (Å²) < 4.78 is 12.0. The SMILES string of the molecule is CCCCCCCCCC(CCCCCCCCOC(=O)CC(CCCC)CCCCCC)OC(=O)C(C)(C)C(C)(C)C1(O)CCN(C)CC1. The van der Waals surface area contributed by atoms with Crippen LogP contribution in [0.3, 0.4) is 0 Å². The van der Waals surface area contributed by atoms with Gasteiger partial charge in [0.05, 0.1) is 17.6 Å². The molecule has 0 aromatic rings. The molecule has 0 spiro atoms. The van der Waals surface area contributed by atoms with Crippen molar-refractivity contribution in [3.05, 3.63) is 0 Å². The van der Waals surface area contributed by atoms with Crippen molar-refractivity contribution in [1.29, 1.82) is 0 Å². The molecule has 1 rings (SSSR count). The molecule has 0 bridgehead atoms. The van der Waals surface area contributed by atoms with E-state index >= 15 is 0 Å². The number of ether oxygens (including phenoxy) is 2. The highest BCUT2D eigenvalue weighted by atomic mass is 16.5. The maximum Gasteiger partial charge on any atom is 0.312 e. The lowest BCUT2D eigenvalue weighted by Gasteiger charge is -2.53. The van der Waals surface area contributed by atoms with Crippen LogP contribution in [-0.4, -0.2) is 60.4 Å². The van der Waals surface area contributed by atoms with Crippen LogP contribution in [0, 0.1) is 16.7 Å². The Balaban J connectivity index is 2.51. The number of likely N-dealkylation sites (tertiary alicyclic amines) is 1. The minimum Gasteiger partial charge on any atom is -0.466 e. The quantitative estimate of drug-likeness (QED) is 0.0571. The number of piperidine rings is 1. The van der Waals surface area contributed by atoms with Gasteiger partial charge in [0, 0.05) is 24.9 Å². The second kappa shape index (κ2) is 26.6. The summed E-state index contributed by atoms with van der Waals surface area (Å²) >= 11 is 0. The Morgan fingerprint density at radius 3 is 1.64 bits per heavy atom.